The third-order valence-corrected chi connectivity index (χ3v) is 2.84. The Bertz CT molecular complexity index is 157. The van der Waals surface area contributed by atoms with Crippen LogP contribution in [0.1, 0.15) is 20.3 Å². The summed E-state index contributed by atoms with van der Waals surface area (Å²) in [7, 11) is 2.20. The lowest BCUT2D eigenvalue weighted by Crippen LogP contribution is -2.48. The van der Waals surface area contributed by atoms with E-state index < -0.39 is 0 Å². The fourth-order valence-electron chi connectivity index (χ4n) is 1.89. The molecule has 1 atom stereocenters. The minimum atomic E-state index is 0.665. The number of hydrogen-bond acceptors (Lipinski definition) is 2. The zero-order chi connectivity index (χ0) is 9.68. The molecule has 0 N–H and O–H groups in total. The average molecular weight is 182 g/mol. The van der Waals surface area contributed by atoms with Crippen molar-refractivity contribution < 1.29 is 0 Å². The predicted octanol–water partition coefficient (Wildman–Crippen LogP) is 1.59. The lowest BCUT2D eigenvalue weighted by Gasteiger charge is -2.36. The van der Waals surface area contributed by atoms with Gasteiger partial charge in [0.1, 0.15) is 0 Å². The Balaban J connectivity index is 2.41. The second kappa shape index (κ2) is 5.40. The molecular formula is C11H22N2. The predicted molar refractivity (Wildman–Crippen MR) is 58.0 cm³/mol. The average Bonchev–Trinajstić information content (AvgIpc) is 2.16. The lowest BCUT2D eigenvalue weighted by molar-refractivity contribution is 0.128. The molecule has 1 aliphatic heterocycles. The standard InChI is InChI=1S/C11H22N2/c1-4-6-11(5-2)13-9-7-12(3)8-10-13/h4,6,11H,5,7-10H2,1-3H3. The van der Waals surface area contributed by atoms with Crippen LogP contribution in [0.5, 0.6) is 0 Å². The van der Waals surface area contributed by atoms with Gasteiger partial charge in [0.25, 0.3) is 0 Å². The van der Waals surface area contributed by atoms with Crippen molar-refractivity contribution in [3.05, 3.63) is 12.2 Å². The van der Waals surface area contributed by atoms with E-state index in [1.165, 1.54) is 32.6 Å². The van der Waals surface area contributed by atoms with Gasteiger partial charge in [-0.1, -0.05) is 19.1 Å². The van der Waals surface area contributed by atoms with Crippen LogP contribution < -0.4 is 0 Å². The molecule has 1 unspecified atom stereocenters. The molecule has 0 aromatic heterocycles. The monoisotopic (exact) mass is 182 g/mol. The highest BCUT2D eigenvalue weighted by atomic mass is 15.3. The molecule has 1 aliphatic rings. The topological polar surface area (TPSA) is 6.48 Å². The van der Waals surface area contributed by atoms with Crippen molar-refractivity contribution >= 4 is 0 Å². The van der Waals surface area contributed by atoms with Crippen LogP contribution in [0.15, 0.2) is 12.2 Å². The second-order valence-electron chi connectivity index (χ2n) is 3.84. The molecule has 0 spiro atoms. The number of allylic oxidation sites excluding steroid dienone is 1. The maximum atomic E-state index is 2.58. The zero-order valence-corrected chi connectivity index (χ0v) is 9.16. The molecule has 76 valence electrons. The van der Waals surface area contributed by atoms with Crippen molar-refractivity contribution in [2.75, 3.05) is 33.2 Å². The molecule has 0 amide bonds. The summed E-state index contributed by atoms with van der Waals surface area (Å²) in [5.74, 6) is 0. The quantitative estimate of drug-likeness (QED) is 0.612. The molecule has 2 heteroatoms. The van der Waals surface area contributed by atoms with Gasteiger partial charge in [-0.25, -0.2) is 0 Å². The molecule has 0 aliphatic carbocycles. The van der Waals surface area contributed by atoms with E-state index in [0.717, 1.165) is 0 Å². The van der Waals surface area contributed by atoms with Gasteiger partial charge >= 0.3 is 0 Å². The highest BCUT2D eigenvalue weighted by molar-refractivity contribution is 4.93. The van der Waals surface area contributed by atoms with Gasteiger partial charge in [0.15, 0.2) is 0 Å². The number of nitrogens with zero attached hydrogens (tertiary/aromatic N) is 2. The van der Waals surface area contributed by atoms with E-state index in [0.29, 0.717) is 6.04 Å². The van der Waals surface area contributed by atoms with E-state index in [2.05, 4.69) is 42.8 Å². The van der Waals surface area contributed by atoms with Crippen LogP contribution in [-0.4, -0.2) is 49.1 Å². The van der Waals surface area contributed by atoms with Crippen molar-refractivity contribution in [1.82, 2.24) is 9.80 Å². The second-order valence-corrected chi connectivity index (χ2v) is 3.84. The summed E-state index contributed by atoms with van der Waals surface area (Å²) in [6.45, 7) is 9.25. The van der Waals surface area contributed by atoms with Gasteiger partial charge in [-0.3, -0.25) is 4.90 Å². The minimum Gasteiger partial charge on any atom is -0.304 e. The largest absolute Gasteiger partial charge is 0.304 e. The normalized spacial score (nSPS) is 23.9. The third-order valence-electron chi connectivity index (χ3n) is 2.84. The molecule has 0 radical (unpaired) electrons. The van der Waals surface area contributed by atoms with Crippen LogP contribution in [0.4, 0.5) is 0 Å². The number of rotatable bonds is 3. The summed E-state index contributed by atoms with van der Waals surface area (Å²) >= 11 is 0. The first-order valence-corrected chi connectivity index (χ1v) is 5.33. The smallest absolute Gasteiger partial charge is 0.0276 e. The first-order valence-electron chi connectivity index (χ1n) is 5.33. The summed E-state index contributed by atoms with van der Waals surface area (Å²) in [6, 6.07) is 0.665. The van der Waals surface area contributed by atoms with E-state index in [1.807, 2.05) is 0 Å². The van der Waals surface area contributed by atoms with Crippen molar-refractivity contribution in [1.29, 1.82) is 0 Å². The minimum absolute atomic E-state index is 0.665. The van der Waals surface area contributed by atoms with Crippen LogP contribution in [0.25, 0.3) is 0 Å². The Morgan fingerprint density at radius 3 is 2.31 bits per heavy atom. The van der Waals surface area contributed by atoms with Gasteiger partial charge in [-0.2, -0.15) is 0 Å². The van der Waals surface area contributed by atoms with Crippen LogP contribution in [0.2, 0.25) is 0 Å². The summed E-state index contributed by atoms with van der Waals surface area (Å²) in [5, 5.41) is 0. The molecule has 0 bridgehead atoms. The van der Waals surface area contributed by atoms with Crippen molar-refractivity contribution in [3.63, 3.8) is 0 Å². The first-order chi connectivity index (χ1) is 6.27. The molecule has 0 saturated carbocycles. The molecule has 1 rings (SSSR count). The van der Waals surface area contributed by atoms with Crippen molar-refractivity contribution in [2.24, 2.45) is 0 Å². The fourth-order valence-corrected chi connectivity index (χ4v) is 1.89. The Kier molecular flexibility index (Phi) is 4.46. The fraction of sp³-hybridized carbons (Fsp3) is 0.818. The highest BCUT2D eigenvalue weighted by Gasteiger charge is 2.18. The third kappa shape index (κ3) is 3.12. The molecule has 13 heavy (non-hydrogen) atoms. The summed E-state index contributed by atoms with van der Waals surface area (Å²) in [4.78, 5) is 4.98. The number of likely N-dealkylation sites (N-methyl/N-ethyl adjacent to an activating group) is 1. The maximum Gasteiger partial charge on any atom is 0.0276 e. The molecule has 1 saturated heterocycles. The summed E-state index contributed by atoms with van der Waals surface area (Å²) in [6.07, 6.45) is 5.73. The first kappa shape index (κ1) is 10.7. The molecular weight excluding hydrogens is 160 g/mol. The molecule has 1 fully saturated rings. The van der Waals surface area contributed by atoms with Gasteiger partial charge in [-0.15, -0.1) is 0 Å². The van der Waals surface area contributed by atoms with E-state index in [4.69, 9.17) is 0 Å². The molecule has 1 heterocycles. The Hall–Kier alpha value is -0.340. The zero-order valence-electron chi connectivity index (χ0n) is 9.16. The Morgan fingerprint density at radius 2 is 1.85 bits per heavy atom. The highest BCUT2D eigenvalue weighted by Crippen LogP contribution is 2.09. The van der Waals surface area contributed by atoms with Crippen LogP contribution in [-0.2, 0) is 0 Å². The summed E-state index contributed by atoms with van der Waals surface area (Å²) < 4.78 is 0. The number of hydrogen-bond donors (Lipinski definition) is 0. The van der Waals surface area contributed by atoms with Crippen LogP contribution in [0.3, 0.4) is 0 Å². The van der Waals surface area contributed by atoms with E-state index in [-0.39, 0.29) is 0 Å². The molecule has 2 nitrogen and oxygen atoms in total. The van der Waals surface area contributed by atoms with Gasteiger partial charge in [0.2, 0.25) is 0 Å². The van der Waals surface area contributed by atoms with E-state index in [9.17, 15) is 0 Å². The Labute approximate surface area is 82.2 Å². The lowest BCUT2D eigenvalue weighted by atomic mass is 10.1. The van der Waals surface area contributed by atoms with Crippen LogP contribution in [0, 0.1) is 0 Å². The maximum absolute atomic E-state index is 2.58. The van der Waals surface area contributed by atoms with Crippen molar-refractivity contribution in [2.45, 2.75) is 26.3 Å². The van der Waals surface area contributed by atoms with Gasteiger partial charge < -0.3 is 4.90 Å². The SMILES string of the molecule is CC=CC(CC)N1CCN(C)CC1. The summed E-state index contributed by atoms with van der Waals surface area (Å²) in [5.41, 5.74) is 0. The Morgan fingerprint density at radius 1 is 1.23 bits per heavy atom. The molecule has 0 aromatic rings. The van der Waals surface area contributed by atoms with Gasteiger partial charge in [0.05, 0.1) is 0 Å². The number of piperazine rings is 1. The van der Waals surface area contributed by atoms with E-state index >= 15 is 0 Å². The van der Waals surface area contributed by atoms with E-state index in [1.54, 1.807) is 0 Å². The van der Waals surface area contributed by atoms with Crippen molar-refractivity contribution in [3.8, 4) is 0 Å². The van der Waals surface area contributed by atoms with Crippen LogP contribution >= 0.6 is 0 Å². The van der Waals surface area contributed by atoms with Gasteiger partial charge in [-0.05, 0) is 20.4 Å². The molecule has 0 aromatic carbocycles. The van der Waals surface area contributed by atoms with Gasteiger partial charge in [0, 0.05) is 32.2 Å².